The van der Waals surface area contributed by atoms with E-state index < -0.39 is 66.9 Å². The van der Waals surface area contributed by atoms with Gasteiger partial charge in [-0.3, -0.25) is 14.9 Å². The van der Waals surface area contributed by atoms with Crippen molar-refractivity contribution >= 4 is 23.8 Å². The van der Waals surface area contributed by atoms with Gasteiger partial charge in [-0.05, 0) is 18.9 Å². The average molecular weight is 488 g/mol. The van der Waals surface area contributed by atoms with E-state index in [1.54, 1.807) is 13.8 Å². The second kappa shape index (κ2) is 10.4. The van der Waals surface area contributed by atoms with Crippen molar-refractivity contribution < 1.29 is 48.7 Å². The molecular weight excluding hydrogens is 460 g/mol. The number of carbonyl (C=O) groups excluding carboxylic acids is 3. The van der Waals surface area contributed by atoms with E-state index >= 15 is 0 Å². The highest BCUT2D eigenvalue weighted by Crippen LogP contribution is 2.41. The number of esters is 2. The van der Waals surface area contributed by atoms with Gasteiger partial charge in [0, 0.05) is 13.1 Å². The van der Waals surface area contributed by atoms with E-state index in [9.17, 15) is 34.5 Å². The lowest BCUT2D eigenvalue weighted by Crippen LogP contribution is -2.58. The zero-order valence-electron chi connectivity index (χ0n) is 19.0. The summed E-state index contributed by atoms with van der Waals surface area (Å²) in [5, 5.41) is 34.3. The highest BCUT2D eigenvalue weighted by molar-refractivity contribution is 5.83. The molecule has 5 atom stereocenters. The molecule has 1 aliphatic rings. The molecule has 0 aliphatic carbocycles. The second-order valence-electron chi connectivity index (χ2n) is 8.03. The summed E-state index contributed by atoms with van der Waals surface area (Å²) in [4.78, 5) is 50.3. The Kier molecular flexibility index (Phi) is 8.33. The predicted molar refractivity (Wildman–Crippen MR) is 111 cm³/mol. The predicted octanol–water partition coefficient (Wildman–Crippen LogP) is -2.05. The molecule has 1 aromatic heterocycles. The monoisotopic (exact) mass is 488 g/mol. The van der Waals surface area contributed by atoms with Gasteiger partial charge in [-0.15, -0.1) is 0 Å². The molecule has 0 radical (unpaired) electrons. The topological polar surface area (TPSA) is 222 Å². The molecule has 0 saturated carbocycles. The molecule has 1 aliphatic heterocycles. The first-order valence-electron chi connectivity index (χ1n) is 10.1. The zero-order chi connectivity index (χ0) is 25.8. The van der Waals surface area contributed by atoms with Crippen LogP contribution in [-0.2, 0) is 34.4 Å². The summed E-state index contributed by atoms with van der Waals surface area (Å²) in [6.07, 6.45) is -3.38. The third-order valence-electron chi connectivity index (χ3n) is 5.10. The van der Waals surface area contributed by atoms with Gasteiger partial charge < -0.3 is 40.0 Å². The SMILES string of the molecule is CC(=O)OCOC(=O)Nc1ccn([C@]2(O)O[C@H](COC(=O)[C@@H](N)C(C)C)[C@@H](O)[C@@]2(C)O)c(=O)n1. The minimum absolute atomic E-state index is 0.224. The Hall–Kier alpha value is -3.11. The number of hydrogen-bond donors (Lipinski definition) is 5. The number of amides is 1. The van der Waals surface area contributed by atoms with E-state index in [1.807, 2.05) is 0 Å². The molecule has 0 aromatic carbocycles. The molecule has 1 fully saturated rings. The molecule has 15 nitrogen and oxygen atoms in total. The summed E-state index contributed by atoms with van der Waals surface area (Å²) >= 11 is 0. The molecule has 2 rings (SSSR count). The van der Waals surface area contributed by atoms with E-state index in [2.05, 4.69) is 19.8 Å². The van der Waals surface area contributed by atoms with Gasteiger partial charge in [0.2, 0.25) is 6.79 Å². The first-order valence-corrected chi connectivity index (χ1v) is 10.1. The minimum atomic E-state index is -2.82. The zero-order valence-corrected chi connectivity index (χ0v) is 19.0. The summed E-state index contributed by atoms with van der Waals surface area (Å²) in [6.45, 7) is 4.28. The Morgan fingerprint density at radius 1 is 1.29 bits per heavy atom. The fraction of sp³-hybridized carbons (Fsp3) is 0.632. The van der Waals surface area contributed by atoms with Crippen molar-refractivity contribution in [1.82, 2.24) is 9.55 Å². The number of nitrogens with zero attached hydrogens (tertiary/aromatic N) is 2. The lowest BCUT2D eigenvalue weighted by molar-refractivity contribution is -0.321. The first kappa shape index (κ1) is 27.1. The lowest BCUT2D eigenvalue weighted by atomic mass is 9.94. The van der Waals surface area contributed by atoms with Gasteiger partial charge in [0.25, 0.3) is 5.91 Å². The van der Waals surface area contributed by atoms with Gasteiger partial charge in [0.05, 0.1) is 0 Å². The van der Waals surface area contributed by atoms with Gasteiger partial charge in [-0.25, -0.2) is 14.2 Å². The molecular formula is C19H28N4O11. The molecule has 34 heavy (non-hydrogen) atoms. The van der Waals surface area contributed by atoms with Gasteiger partial charge in [-0.1, -0.05) is 13.8 Å². The van der Waals surface area contributed by atoms with E-state index in [4.69, 9.17) is 15.2 Å². The largest absolute Gasteiger partial charge is 0.462 e. The van der Waals surface area contributed by atoms with E-state index in [0.717, 1.165) is 26.1 Å². The van der Waals surface area contributed by atoms with Crippen LogP contribution in [0.25, 0.3) is 0 Å². The normalized spacial score (nSPS) is 27.2. The molecule has 1 amide bonds. The fourth-order valence-electron chi connectivity index (χ4n) is 2.92. The van der Waals surface area contributed by atoms with Crippen molar-refractivity contribution in [2.45, 2.75) is 57.5 Å². The van der Waals surface area contributed by atoms with Crippen LogP contribution in [-0.4, -0.2) is 80.2 Å². The van der Waals surface area contributed by atoms with Crippen LogP contribution in [0, 0.1) is 5.92 Å². The van der Waals surface area contributed by atoms with Crippen molar-refractivity contribution in [3.63, 3.8) is 0 Å². The number of aliphatic hydroxyl groups excluding tert-OH is 1. The molecule has 0 spiro atoms. The Morgan fingerprint density at radius 2 is 1.94 bits per heavy atom. The van der Waals surface area contributed by atoms with Crippen LogP contribution in [0.1, 0.15) is 27.7 Å². The smallest absolute Gasteiger partial charge is 0.415 e. The maximum Gasteiger partial charge on any atom is 0.415 e. The minimum Gasteiger partial charge on any atom is -0.462 e. The number of aromatic nitrogens is 2. The summed E-state index contributed by atoms with van der Waals surface area (Å²) < 4.78 is 19.8. The molecule has 0 bridgehead atoms. The molecule has 190 valence electrons. The Morgan fingerprint density at radius 3 is 2.50 bits per heavy atom. The fourth-order valence-corrected chi connectivity index (χ4v) is 2.92. The van der Waals surface area contributed by atoms with E-state index in [1.165, 1.54) is 0 Å². The third-order valence-corrected chi connectivity index (χ3v) is 5.10. The summed E-state index contributed by atoms with van der Waals surface area (Å²) in [6, 6.07) is 0.123. The van der Waals surface area contributed by atoms with Crippen LogP contribution in [0.3, 0.4) is 0 Å². The highest BCUT2D eigenvalue weighted by Gasteiger charge is 2.64. The average Bonchev–Trinajstić information content (AvgIpc) is 2.91. The summed E-state index contributed by atoms with van der Waals surface area (Å²) in [7, 11) is 0. The molecule has 1 saturated heterocycles. The Balaban J connectivity index is 2.15. The Labute approximate surface area is 193 Å². The molecule has 2 heterocycles. The van der Waals surface area contributed by atoms with Crippen LogP contribution in [0.2, 0.25) is 0 Å². The van der Waals surface area contributed by atoms with Crippen LogP contribution in [0.5, 0.6) is 0 Å². The van der Waals surface area contributed by atoms with Gasteiger partial charge >= 0.3 is 23.7 Å². The van der Waals surface area contributed by atoms with Crippen molar-refractivity contribution in [1.29, 1.82) is 0 Å². The van der Waals surface area contributed by atoms with Crippen LogP contribution >= 0.6 is 0 Å². The van der Waals surface area contributed by atoms with Crippen LogP contribution < -0.4 is 16.7 Å². The van der Waals surface area contributed by atoms with Crippen molar-refractivity contribution in [3.8, 4) is 0 Å². The number of anilines is 1. The summed E-state index contributed by atoms with van der Waals surface area (Å²) in [5.41, 5.74) is 2.06. The van der Waals surface area contributed by atoms with Crippen LogP contribution in [0.4, 0.5) is 10.6 Å². The molecule has 6 N–H and O–H groups in total. The van der Waals surface area contributed by atoms with Crippen molar-refractivity contribution in [3.05, 3.63) is 22.7 Å². The highest BCUT2D eigenvalue weighted by atomic mass is 16.7. The number of nitrogens with one attached hydrogen (secondary N) is 1. The van der Waals surface area contributed by atoms with Gasteiger partial charge in [0.1, 0.15) is 30.7 Å². The maximum absolute atomic E-state index is 12.5. The van der Waals surface area contributed by atoms with Crippen molar-refractivity contribution in [2.75, 3.05) is 18.7 Å². The Bertz CT molecular complexity index is 979. The number of nitrogens with two attached hydrogens (primary N) is 1. The van der Waals surface area contributed by atoms with Crippen LogP contribution in [0.15, 0.2) is 17.1 Å². The summed E-state index contributed by atoms with van der Waals surface area (Å²) in [5.74, 6) is -4.80. The molecule has 15 heteroatoms. The molecule has 0 unspecified atom stereocenters. The number of aliphatic hydroxyl groups is 3. The van der Waals surface area contributed by atoms with Crippen molar-refractivity contribution in [2.24, 2.45) is 11.7 Å². The maximum atomic E-state index is 12.5. The molecule has 1 aromatic rings. The second-order valence-corrected chi connectivity index (χ2v) is 8.03. The van der Waals surface area contributed by atoms with E-state index in [-0.39, 0.29) is 11.7 Å². The number of rotatable bonds is 8. The number of hydrogen-bond acceptors (Lipinski definition) is 13. The lowest BCUT2D eigenvalue weighted by Gasteiger charge is -2.35. The van der Waals surface area contributed by atoms with Gasteiger partial charge in [0.15, 0.2) is 5.60 Å². The quantitative estimate of drug-likeness (QED) is 0.197. The standard InChI is InChI=1S/C19H28N4O11/c1-9(2)13(20)15(26)31-7-11-14(25)18(4,29)19(30,34-11)23-6-5-12(21-16(23)27)22-17(28)33-8-32-10(3)24/h5-6,9,11,13-14,25,29-30H,7-8,20H2,1-4H3,(H,21,22,27,28)/t11-,13+,14-,18-,19-/m1/s1. The van der Waals surface area contributed by atoms with Gasteiger partial charge in [-0.2, -0.15) is 4.98 Å². The first-order chi connectivity index (χ1) is 15.7. The van der Waals surface area contributed by atoms with E-state index in [0.29, 0.717) is 4.57 Å². The third kappa shape index (κ3) is 5.68. The number of carbonyl (C=O) groups is 3. The number of ether oxygens (including phenoxy) is 4.